The smallest absolute Gasteiger partial charge is 0.271 e. The molecule has 0 bridgehead atoms. The van der Waals surface area contributed by atoms with Gasteiger partial charge in [-0.25, -0.2) is 4.68 Å². The lowest BCUT2D eigenvalue weighted by molar-refractivity contribution is 0.610. The Hall–Kier alpha value is -1.94. The van der Waals surface area contributed by atoms with Gasteiger partial charge in [0, 0.05) is 24.2 Å². The second-order valence-electron chi connectivity index (χ2n) is 4.25. The number of aryl methyl sites for hydroxylation is 2. The van der Waals surface area contributed by atoms with Crippen LogP contribution < -0.4 is 11.3 Å². The van der Waals surface area contributed by atoms with Crippen molar-refractivity contribution in [3.63, 3.8) is 0 Å². The minimum absolute atomic E-state index is 0.101. The molecule has 94 valence electrons. The monoisotopic (exact) mass is 243 g/mol. The molecule has 2 N–H and O–H groups in total. The molecule has 0 unspecified atom stereocenters. The molecular weight excluding hydrogens is 226 g/mol. The first-order valence-corrected chi connectivity index (χ1v) is 6.04. The van der Waals surface area contributed by atoms with Crippen LogP contribution in [-0.2, 0) is 13.1 Å². The van der Waals surface area contributed by atoms with Crippen LogP contribution >= 0.6 is 0 Å². The highest BCUT2D eigenvalue weighted by atomic mass is 16.1. The molecule has 1 aromatic heterocycles. The number of nitrogens with zero attached hydrogens (tertiary/aromatic N) is 2. The summed E-state index contributed by atoms with van der Waals surface area (Å²) in [5.74, 6) is 0. The van der Waals surface area contributed by atoms with Gasteiger partial charge in [-0.1, -0.05) is 29.8 Å². The van der Waals surface area contributed by atoms with Gasteiger partial charge in [-0.15, -0.1) is 0 Å². The van der Waals surface area contributed by atoms with Gasteiger partial charge in [0.05, 0.1) is 5.69 Å². The minimum atomic E-state index is -0.101. The SMILES string of the molecule is CCn1nc(-c2ccc(C)cc2)cc(CN)c1=O. The van der Waals surface area contributed by atoms with E-state index in [1.54, 1.807) is 6.07 Å². The van der Waals surface area contributed by atoms with E-state index < -0.39 is 0 Å². The van der Waals surface area contributed by atoms with E-state index in [1.807, 2.05) is 38.1 Å². The van der Waals surface area contributed by atoms with Crippen LogP contribution in [-0.4, -0.2) is 9.78 Å². The molecule has 0 saturated heterocycles. The fourth-order valence-corrected chi connectivity index (χ4v) is 1.82. The molecule has 0 aliphatic rings. The van der Waals surface area contributed by atoms with Gasteiger partial charge in [-0.2, -0.15) is 5.10 Å². The Morgan fingerprint density at radius 2 is 1.94 bits per heavy atom. The molecule has 18 heavy (non-hydrogen) atoms. The van der Waals surface area contributed by atoms with Crippen molar-refractivity contribution in [2.24, 2.45) is 5.73 Å². The van der Waals surface area contributed by atoms with Crippen molar-refractivity contribution in [2.45, 2.75) is 26.9 Å². The lowest BCUT2D eigenvalue weighted by Crippen LogP contribution is -2.27. The average Bonchev–Trinajstić information content (AvgIpc) is 2.40. The zero-order chi connectivity index (χ0) is 13.1. The van der Waals surface area contributed by atoms with E-state index in [2.05, 4.69) is 5.10 Å². The summed E-state index contributed by atoms with van der Waals surface area (Å²) in [5, 5.41) is 4.35. The number of nitrogens with two attached hydrogens (primary N) is 1. The Balaban J connectivity index is 2.57. The Kier molecular flexibility index (Phi) is 3.58. The fourth-order valence-electron chi connectivity index (χ4n) is 1.82. The van der Waals surface area contributed by atoms with Gasteiger partial charge in [0.1, 0.15) is 0 Å². The summed E-state index contributed by atoms with van der Waals surface area (Å²) >= 11 is 0. The number of benzene rings is 1. The van der Waals surface area contributed by atoms with Crippen molar-refractivity contribution in [2.75, 3.05) is 0 Å². The van der Waals surface area contributed by atoms with Crippen LogP contribution in [0.25, 0.3) is 11.3 Å². The van der Waals surface area contributed by atoms with E-state index in [9.17, 15) is 4.79 Å². The Bertz CT molecular complexity index is 571. The van der Waals surface area contributed by atoms with Crippen molar-refractivity contribution >= 4 is 0 Å². The van der Waals surface area contributed by atoms with Gasteiger partial charge in [0.2, 0.25) is 0 Å². The molecule has 0 fully saturated rings. The van der Waals surface area contributed by atoms with E-state index in [4.69, 9.17) is 5.73 Å². The third kappa shape index (κ3) is 2.33. The van der Waals surface area contributed by atoms with Crippen LogP contribution in [0.2, 0.25) is 0 Å². The number of aromatic nitrogens is 2. The highest BCUT2D eigenvalue weighted by Crippen LogP contribution is 2.17. The molecule has 0 aliphatic carbocycles. The fraction of sp³-hybridized carbons (Fsp3) is 0.286. The zero-order valence-electron chi connectivity index (χ0n) is 10.7. The Morgan fingerprint density at radius 1 is 1.28 bits per heavy atom. The number of hydrogen-bond donors (Lipinski definition) is 1. The standard InChI is InChI=1S/C14H17N3O/c1-3-17-14(18)12(9-15)8-13(16-17)11-6-4-10(2)5-7-11/h4-8H,3,9,15H2,1-2H3. The van der Waals surface area contributed by atoms with Crippen LogP contribution in [0.3, 0.4) is 0 Å². The third-order valence-corrected chi connectivity index (χ3v) is 2.92. The van der Waals surface area contributed by atoms with Crippen molar-refractivity contribution in [3.8, 4) is 11.3 Å². The quantitative estimate of drug-likeness (QED) is 0.892. The first-order valence-electron chi connectivity index (χ1n) is 6.04. The summed E-state index contributed by atoms with van der Waals surface area (Å²) in [6.45, 7) is 4.72. The second kappa shape index (κ2) is 5.14. The molecule has 4 nitrogen and oxygen atoms in total. The van der Waals surface area contributed by atoms with E-state index >= 15 is 0 Å². The maximum Gasteiger partial charge on any atom is 0.271 e. The summed E-state index contributed by atoms with van der Waals surface area (Å²) in [4.78, 5) is 11.9. The van der Waals surface area contributed by atoms with Crippen LogP contribution in [0.4, 0.5) is 0 Å². The number of rotatable bonds is 3. The first-order chi connectivity index (χ1) is 8.65. The molecule has 1 heterocycles. The van der Waals surface area contributed by atoms with Gasteiger partial charge in [0.15, 0.2) is 0 Å². The maximum atomic E-state index is 11.9. The molecule has 1 aromatic carbocycles. The van der Waals surface area contributed by atoms with Crippen LogP contribution in [0.1, 0.15) is 18.1 Å². The largest absolute Gasteiger partial charge is 0.326 e. The van der Waals surface area contributed by atoms with E-state index in [-0.39, 0.29) is 12.1 Å². The summed E-state index contributed by atoms with van der Waals surface area (Å²) in [5.41, 5.74) is 9.09. The molecule has 2 aromatic rings. The molecule has 4 heteroatoms. The van der Waals surface area contributed by atoms with Gasteiger partial charge in [-0.3, -0.25) is 4.79 Å². The number of hydrogen-bond acceptors (Lipinski definition) is 3. The van der Waals surface area contributed by atoms with E-state index in [1.165, 1.54) is 10.2 Å². The van der Waals surface area contributed by atoms with Crippen LogP contribution in [0.15, 0.2) is 35.1 Å². The van der Waals surface area contributed by atoms with E-state index in [0.29, 0.717) is 12.1 Å². The van der Waals surface area contributed by atoms with Gasteiger partial charge < -0.3 is 5.73 Å². The molecule has 0 atom stereocenters. The molecular formula is C14H17N3O. The average molecular weight is 243 g/mol. The zero-order valence-corrected chi connectivity index (χ0v) is 10.7. The summed E-state index contributed by atoms with van der Waals surface area (Å²) < 4.78 is 1.46. The Labute approximate surface area is 106 Å². The normalized spacial score (nSPS) is 10.6. The molecule has 0 radical (unpaired) electrons. The molecule has 0 spiro atoms. The van der Waals surface area contributed by atoms with E-state index in [0.717, 1.165) is 11.3 Å². The predicted molar refractivity (Wildman–Crippen MR) is 72.2 cm³/mol. The van der Waals surface area contributed by atoms with Crippen LogP contribution in [0, 0.1) is 6.92 Å². The van der Waals surface area contributed by atoms with Gasteiger partial charge in [-0.05, 0) is 19.9 Å². The second-order valence-corrected chi connectivity index (χ2v) is 4.25. The van der Waals surface area contributed by atoms with Crippen molar-refractivity contribution in [3.05, 3.63) is 51.8 Å². The van der Waals surface area contributed by atoms with Crippen molar-refractivity contribution in [1.29, 1.82) is 0 Å². The van der Waals surface area contributed by atoms with Crippen LogP contribution in [0.5, 0.6) is 0 Å². The topological polar surface area (TPSA) is 60.9 Å². The first kappa shape index (κ1) is 12.5. The lowest BCUT2D eigenvalue weighted by atomic mass is 10.1. The highest BCUT2D eigenvalue weighted by Gasteiger charge is 2.07. The predicted octanol–water partition coefficient (Wildman–Crippen LogP) is 1.70. The van der Waals surface area contributed by atoms with Gasteiger partial charge in [0.25, 0.3) is 5.56 Å². The summed E-state index contributed by atoms with van der Waals surface area (Å²) in [6.07, 6.45) is 0. The molecule has 0 saturated carbocycles. The molecule has 0 aliphatic heterocycles. The minimum Gasteiger partial charge on any atom is -0.326 e. The summed E-state index contributed by atoms with van der Waals surface area (Å²) in [6, 6.07) is 9.84. The Morgan fingerprint density at radius 3 is 2.50 bits per heavy atom. The molecule has 0 amide bonds. The summed E-state index contributed by atoms with van der Waals surface area (Å²) in [7, 11) is 0. The molecule has 2 rings (SSSR count). The maximum absolute atomic E-state index is 11.9. The van der Waals surface area contributed by atoms with Gasteiger partial charge >= 0.3 is 0 Å². The van der Waals surface area contributed by atoms with Crippen molar-refractivity contribution in [1.82, 2.24) is 9.78 Å². The van der Waals surface area contributed by atoms with Crippen molar-refractivity contribution < 1.29 is 0 Å². The highest BCUT2D eigenvalue weighted by molar-refractivity contribution is 5.59. The third-order valence-electron chi connectivity index (χ3n) is 2.92. The lowest BCUT2D eigenvalue weighted by Gasteiger charge is -2.08.